The highest BCUT2D eigenvalue weighted by Gasteiger charge is 2.52. The van der Waals surface area contributed by atoms with E-state index in [9.17, 15) is 41.4 Å². The highest BCUT2D eigenvalue weighted by molar-refractivity contribution is 6.16. The number of anilines is 2. The van der Waals surface area contributed by atoms with Gasteiger partial charge in [-0.3, -0.25) is 14.5 Å². The van der Waals surface area contributed by atoms with Gasteiger partial charge in [-0.2, -0.15) is 0 Å². The highest BCUT2D eigenvalue weighted by Crippen LogP contribution is 2.34. The second-order valence-corrected chi connectivity index (χ2v) is 14.4. The number of alkyl carbamates (subject to hydrolysis) is 1. The molecule has 290 valence electrons. The summed E-state index contributed by atoms with van der Waals surface area (Å²) in [5, 5.41) is 15.9. The molecule has 4 atom stereocenters. The van der Waals surface area contributed by atoms with Crippen LogP contribution in [0.1, 0.15) is 50.8 Å². The first-order chi connectivity index (χ1) is 25.5. The summed E-state index contributed by atoms with van der Waals surface area (Å²) in [6.07, 6.45) is 1.19. The minimum atomic E-state index is -2.51. The first-order valence-electron chi connectivity index (χ1n) is 17.4. The molecule has 13 nitrogen and oxygen atoms in total. The molecule has 3 saturated heterocycles. The number of hydrogen-bond donors (Lipinski definition) is 3. The highest BCUT2D eigenvalue weighted by atomic mass is 19.2. The van der Waals surface area contributed by atoms with Crippen molar-refractivity contribution in [2.75, 3.05) is 49.1 Å². The average molecular weight is 762 g/mol. The third kappa shape index (κ3) is 8.39. The average Bonchev–Trinajstić information content (AvgIpc) is 3.43. The normalized spacial score (nSPS) is 23.7. The SMILES string of the molecule is CC(C)(C)OC(=O)N[C@H]1C[C@@H](N2CCN(c3ncc(N4CCC(O)(C(=O)NCc5cc(F)cc(F)c5F)C4=O)cn3)CC2)CO[C@@H]1c1cc(F)ccc1F. The van der Waals surface area contributed by atoms with Gasteiger partial charge in [-0.05, 0) is 51.5 Å². The Morgan fingerprint density at radius 2 is 1.69 bits per heavy atom. The van der Waals surface area contributed by atoms with Crippen LogP contribution in [0.3, 0.4) is 0 Å². The van der Waals surface area contributed by atoms with E-state index >= 15 is 0 Å². The van der Waals surface area contributed by atoms with Crippen molar-refractivity contribution < 1.29 is 50.9 Å². The molecule has 54 heavy (non-hydrogen) atoms. The standard InChI is InChI=1S/C36H40F5N7O6/c1-35(2,3)54-34(51)45-28-15-23(19-53-30(28)25-13-21(37)4-5-26(25)39)46-8-10-47(11-9-46)33-43-17-24(18-44-33)48-7-6-36(52,32(48)50)31(49)42-16-20-12-22(38)14-27(40)29(20)41/h4-5,12-14,17-18,23,28,30,52H,6-11,15-16,19H2,1-3H3,(H,42,49)(H,45,51)/t23-,28+,30-,36?/m1/s1. The summed E-state index contributed by atoms with van der Waals surface area (Å²) in [6.45, 7) is 6.74. The second-order valence-electron chi connectivity index (χ2n) is 14.4. The van der Waals surface area contributed by atoms with Crippen molar-refractivity contribution in [3.8, 4) is 0 Å². The first-order valence-corrected chi connectivity index (χ1v) is 17.4. The van der Waals surface area contributed by atoms with Crippen LogP contribution in [0.25, 0.3) is 0 Å². The molecule has 3 N–H and O–H groups in total. The predicted molar refractivity (Wildman–Crippen MR) is 183 cm³/mol. The van der Waals surface area contributed by atoms with Gasteiger partial charge in [-0.1, -0.05) is 0 Å². The Hall–Kier alpha value is -4.94. The Kier molecular flexibility index (Phi) is 11.1. The summed E-state index contributed by atoms with van der Waals surface area (Å²) in [5.74, 6) is -6.89. The number of nitrogens with zero attached hydrogens (tertiary/aromatic N) is 5. The van der Waals surface area contributed by atoms with E-state index in [-0.39, 0.29) is 36.9 Å². The van der Waals surface area contributed by atoms with Gasteiger partial charge in [0.15, 0.2) is 11.6 Å². The molecule has 18 heteroatoms. The zero-order chi connectivity index (χ0) is 38.9. The van der Waals surface area contributed by atoms with Crippen LogP contribution in [0.4, 0.5) is 38.4 Å². The van der Waals surface area contributed by atoms with Crippen molar-refractivity contribution >= 4 is 29.5 Å². The third-order valence-corrected chi connectivity index (χ3v) is 9.56. The Morgan fingerprint density at radius 3 is 2.37 bits per heavy atom. The number of rotatable bonds is 8. The monoisotopic (exact) mass is 761 g/mol. The molecule has 0 aliphatic carbocycles. The van der Waals surface area contributed by atoms with Crippen LogP contribution < -0.4 is 20.4 Å². The lowest BCUT2D eigenvalue weighted by Crippen LogP contribution is -2.57. The fourth-order valence-corrected chi connectivity index (χ4v) is 6.83. The number of hydrogen-bond acceptors (Lipinski definition) is 10. The van der Waals surface area contributed by atoms with Crippen molar-refractivity contribution in [2.24, 2.45) is 0 Å². The maximum Gasteiger partial charge on any atom is 0.407 e. The second kappa shape index (κ2) is 15.4. The molecule has 3 fully saturated rings. The molecule has 1 aromatic heterocycles. The van der Waals surface area contributed by atoms with Gasteiger partial charge in [0.1, 0.15) is 29.2 Å². The predicted octanol–water partition coefficient (Wildman–Crippen LogP) is 3.50. The minimum Gasteiger partial charge on any atom is -0.444 e. The number of carbonyl (C=O) groups excluding carboxylic acids is 3. The lowest BCUT2D eigenvalue weighted by molar-refractivity contribution is -0.149. The number of halogens is 5. The summed E-state index contributed by atoms with van der Waals surface area (Å²) in [4.78, 5) is 52.8. The van der Waals surface area contributed by atoms with E-state index in [1.807, 2.05) is 4.90 Å². The number of benzene rings is 2. The molecule has 4 heterocycles. The van der Waals surface area contributed by atoms with Crippen molar-refractivity contribution in [1.29, 1.82) is 0 Å². The number of nitrogens with one attached hydrogen (secondary N) is 2. The number of ether oxygens (including phenoxy) is 2. The smallest absolute Gasteiger partial charge is 0.407 e. The molecule has 3 aliphatic rings. The van der Waals surface area contributed by atoms with Gasteiger partial charge in [0.2, 0.25) is 11.5 Å². The van der Waals surface area contributed by atoms with Gasteiger partial charge in [-0.25, -0.2) is 36.7 Å². The number of aromatic nitrogens is 2. The Morgan fingerprint density at radius 1 is 0.981 bits per heavy atom. The van der Waals surface area contributed by atoms with Crippen LogP contribution in [0.15, 0.2) is 42.7 Å². The van der Waals surface area contributed by atoms with Gasteiger partial charge in [0.05, 0.1) is 30.7 Å². The molecule has 3 aliphatic heterocycles. The maximum atomic E-state index is 14.8. The Balaban J connectivity index is 1.05. The molecule has 3 amide bonds. The van der Waals surface area contributed by atoms with Crippen LogP contribution in [0, 0.1) is 29.1 Å². The van der Waals surface area contributed by atoms with E-state index in [4.69, 9.17) is 9.47 Å². The van der Waals surface area contributed by atoms with Crippen LogP contribution >= 0.6 is 0 Å². The van der Waals surface area contributed by atoms with Gasteiger partial charge in [0, 0.05) is 68.9 Å². The summed E-state index contributed by atoms with van der Waals surface area (Å²) in [7, 11) is 0. The molecule has 1 unspecified atom stereocenters. The minimum absolute atomic E-state index is 0.00105. The van der Waals surface area contributed by atoms with E-state index in [1.54, 1.807) is 20.8 Å². The van der Waals surface area contributed by atoms with E-state index in [0.29, 0.717) is 50.7 Å². The number of aliphatic hydroxyl groups is 1. The molecule has 0 bridgehead atoms. The van der Waals surface area contributed by atoms with Gasteiger partial charge in [0.25, 0.3) is 11.8 Å². The Bertz CT molecular complexity index is 1890. The van der Waals surface area contributed by atoms with Gasteiger partial charge in [-0.15, -0.1) is 0 Å². The van der Waals surface area contributed by atoms with E-state index < -0.39 is 82.4 Å². The quantitative estimate of drug-likeness (QED) is 0.177. The third-order valence-electron chi connectivity index (χ3n) is 9.56. The van der Waals surface area contributed by atoms with Crippen molar-refractivity contribution in [3.63, 3.8) is 0 Å². The zero-order valence-electron chi connectivity index (χ0n) is 29.8. The van der Waals surface area contributed by atoms with E-state index in [0.717, 1.165) is 23.1 Å². The first kappa shape index (κ1) is 38.8. The van der Waals surface area contributed by atoms with Crippen molar-refractivity contribution in [2.45, 2.75) is 69.5 Å². The molecule has 2 aromatic carbocycles. The van der Waals surface area contributed by atoms with Crippen LogP contribution in [-0.2, 0) is 25.6 Å². The lowest BCUT2D eigenvalue weighted by atomic mass is 9.92. The molecular formula is C36H40F5N7O6. The van der Waals surface area contributed by atoms with Gasteiger partial charge < -0.3 is 35.0 Å². The summed E-state index contributed by atoms with van der Waals surface area (Å²) in [6, 6.07) is 3.26. The molecule has 6 rings (SSSR count). The fourth-order valence-electron chi connectivity index (χ4n) is 6.83. The fraction of sp³-hybridized carbons (Fsp3) is 0.472. The summed E-state index contributed by atoms with van der Waals surface area (Å²) >= 11 is 0. The molecule has 0 spiro atoms. The zero-order valence-corrected chi connectivity index (χ0v) is 29.8. The largest absolute Gasteiger partial charge is 0.444 e. The summed E-state index contributed by atoms with van der Waals surface area (Å²) < 4.78 is 81.6. The van der Waals surface area contributed by atoms with E-state index in [2.05, 4.69) is 25.5 Å². The number of amides is 3. The lowest BCUT2D eigenvalue weighted by Gasteiger charge is -2.44. The molecule has 0 saturated carbocycles. The van der Waals surface area contributed by atoms with Crippen LogP contribution in [0.2, 0.25) is 0 Å². The molecule has 3 aromatic rings. The number of piperazine rings is 1. The Labute approximate surface area is 307 Å². The van der Waals surface area contributed by atoms with Crippen LogP contribution in [-0.4, -0.2) is 100 Å². The number of carbonyl (C=O) groups is 3. The topological polar surface area (TPSA) is 149 Å². The van der Waals surface area contributed by atoms with Crippen LogP contribution in [0.5, 0.6) is 0 Å². The van der Waals surface area contributed by atoms with Crippen molar-refractivity contribution in [3.05, 3.63) is 82.9 Å². The van der Waals surface area contributed by atoms with Gasteiger partial charge >= 0.3 is 6.09 Å². The molecule has 0 radical (unpaired) electrons. The molecular weight excluding hydrogens is 721 g/mol. The maximum absolute atomic E-state index is 14.8. The van der Waals surface area contributed by atoms with E-state index in [1.165, 1.54) is 12.4 Å². The summed E-state index contributed by atoms with van der Waals surface area (Å²) in [5.41, 5.74) is -3.56. The van der Waals surface area contributed by atoms with Crippen molar-refractivity contribution in [1.82, 2.24) is 25.5 Å².